The summed E-state index contributed by atoms with van der Waals surface area (Å²) in [6.45, 7) is 0.939. The van der Waals surface area contributed by atoms with Gasteiger partial charge in [0.2, 0.25) is 0 Å². The van der Waals surface area contributed by atoms with E-state index in [-0.39, 0.29) is 11.8 Å². The lowest BCUT2D eigenvalue weighted by Crippen LogP contribution is -2.38. The molecule has 1 N–H and O–H groups in total. The van der Waals surface area contributed by atoms with Crippen molar-refractivity contribution in [3.63, 3.8) is 0 Å². The molecule has 5 heteroatoms. The molecule has 2 aliphatic heterocycles. The van der Waals surface area contributed by atoms with Gasteiger partial charge in [-0.2, -0.15) is 0 Å². The smallest absolute Gasteiger partial charge is 0.162 e. The van der Waals surface area contributed by atoms with E-state index in [4.69, 9.17) is 14.2 Å². The summed E-state index contributed by atoms with van der Waals surface area (Å²) < 4.78 is 16.2. The van der Waals surface area contributed by atoms with Crippen molar-refractivity contribution in [2.75, 3.05) is 32.8 Å². The van der Waals surface area contributed by atoms with Crippen LogP contribution >= 0.6 is 0 Å². The Morgan fingerprint density at radius 1 is 0.880 bits per heavy atom. The maximum absolute atomic E-state index is 10.2. The Kier molecular flexibility index (Phi) is 3.86. The van der Waals surface area contributed by atoms with Gasteiger partial charge in [-0.3, -0.25) is 0 Å². The van der Waals surface area contributed by atoms with E-state index in [9.17, 15) is 5.11 Å². The zero-order chi connectivity index (χ0) is 17.6. The molecule has 0 bridgehead atoms. The van der Waals surface area contributed by atoms with Crippen LogP contribution in [0.25, 0.3) is 0 Å². The van der Waals surface area contributed by atoms with Crippen LogP contribution in [-0.4, -0.2) is 33.0 Å². The molecule has 0 aromatic heterocycles. The number of fused-ring (bicyclic) bond motifs is 5. The van der Waals surface area contributed by atoms with Gasteiger partial charge in [-0.15, -0.1) is 0 Å². The zero-order valence-corrected chi connectivity index (χ0v) is 14.8. The largest absolute Gasteiger partial charge is 0.504 e. The molecule has 2 aromatic rings. The van der Waals surface area contributed by atoms with Crippen LogP contribution < -0.4 is 19.1 Å². The van der Waals surface area contributed by atoms with Crippen LogP contribution in [0.1, 0.15) is 29.2 Å². The fraction of sp³-hybridized carbons (Fsp3) is 0.400. The first kappa shape index (κ1) is 15.9. The first-order valence-electron chi connectivity index (χ1n) is 8.57. The maximum Gasteiger partial charge on any atom is 0.162 e. The molecule has 2 aliphatic rings. The molecule has 0 saturated carbocycles. The molecule has 0 amide bonds. The molecule has 4 rings (SSSR count). The molecule has 0 saturated heterocycles. The molecule has 2 heterocycles. The van der Waals surface area contributed by atoms with Crippen molar-refractivity contribution >= 4 is 5.69 Å². The molecule has 0 aliphatic carbocycles. The third kappa shape index (κ3) is 2.46. The highest BCUT2D eigenvalue weighted by molar-refractivity contribution is 5.66. The first-order valence-corrected chi connectivity index (χ1v) is 8.57. The van der Waals surface area contributed by atoms with Gasteiger partial charge in [-0.1, -0.05) is 0 Å². The second kappa shape index (κ2) is 6.06. The van der Waals surface area contributed by atoms with E-state index in [1.807, 2.05) is 12.1 Å². The van der Waals surface area contributed by atoms with Crippen molar-refractivity contribution in [1.29, 1.82) is 0 Å². The minimum atomic E-state index is 0.209. The average Bonchev–Trinajstić information content (AvgIpc) is 2.65. The number of ether oxygens (including phenoxy) is 3. The molecular weight excluding hydrogens is 318 g/mol. The van der Waals surface area contributed by atoms with Crippen LogP contribution in [0.2, 0.25) is 0 Å². The summed E-state index contributed by atoms with van der Waals surface area (Å²) in [6, 6.07) is 8.29. The standard InChI is InChI=1S/C20H23NO4/c1-23-18-8-12-6-7-21-15(14(12)10-17(18)22)5-4-13-9-19(24-2)20(25-3)11-16(13)21/h8-11,15,22H,4-7H2,1-3H3. The highest BCUT2D eigenvalue weighted by Gasteiger charge is 2.33. The van der Waals surface area contributed by atoms with Gasteiger partial charge in [-0.25, -0.2) is 0 Å². The quantitative estimate of drug-likeness (QED) is 0.926. The van der Waals surface area contributed by atoms with Gasteiger partial charge in [0.25, 0.3) is 0 Å². The van der Waals surface area contributed by atoms with Gasteiger partial charge in [-0.05, 0) is 54.2 Å². The number of aromatic hydroxyl groups is 1. The number of nitrogens with zero attached hydrogens (tertiary/aromatic N) is 1. The summed E-state index contributed by atoms with van der Waals surface area (Å²) in [7, 11) is 4.93. The summed E-state index contributed by atoms with van der Waals surface area (Å²) in [5.41, 5.74) is 4.95. The van der Waals surface area contributed by atoms with Crippen molar-refractivity contribution in [3.8, 4) is 23.0 Å². The Morgan fingerprint density at radius 2 is 1.56 bits per heavy atom. The van der Waals surface area contributed by atoms with E-state index in [1.165, 1.54) is 22.4 Å². The van der Waals surface area contributed by atoms with Crippen molar-refractivity contribution in [1.82, 2.24) is 0 Å². The lowest BCUT2D eigenvalue weighted by atomic mass is 9.84. The van der Waals surface area contributed by atoms with E-state index < -0.39 is 0 Å². The Labute approximate surface area is 147 Å². The molecule has 1 unspecified atom stereocenters. The SMILES string of the molecule is COc1cc2c(cc1O)C1CCc3cc(OC)c(OC)cc3N1CC2. The molecule has 0 spiro atoms. The van der Waals surface area contributed by atoms with Gasteiger partial charge in [0.15, 0.2) is 23.0 Å². The van der Waals surface area contributed by atoms with Crippen LogP contribution in [-0.2, 0) is 12.8 Å². The van der Waals surface area contributed by atoms with Gasteiger partial charge < -0.3 is 24.2 Å². The predicted molar refractivity (Wildman–Crippen MR) is 96.3 cm³/mol. The highest BCUT2D eigenvalue weighted by atomic mass is 16.5. The maximum atomic E-state index is 10.2. The minimum Gasteiger partial charge on any atom is -0.504 e. The van der Waals surface area contributed by atoms with Crippen molar-refractivity contribution in [2.45, 2.75) is 25.3 Å². The molecule has 132 valence electrons. The molecule has 0 radical (unpaired) electrons. The van der Waals surface area contributed by atoms with Crippen LogP contribution in [0.5, 0.6) is 23.0 Å². The third-order valence-electron chi connectivity index (χ3n) is 5.38. The summed E-state index contributed by atoms with van der Waals surface area (Å²) in [4.78, 5) is 2.43. The second-order valence-corrected chi connectivity index (χ2v) is 6.56. The van der Waals surface area contributed by atoms with Gasteiger partial charge in [0.05, 0.1) is 27.4 Å². The van der Waals surface area contributed by atoms with Gasteiger partial charge >= 0.3 is 0 Å². The average molecular weight is 341 g/mol. The Hall–Kier alpha value is -2.56. The van der Waals surface area contributed by atoms with E-state index >= 15 is 0 Å². The fourth-order valence-corrected chi connectivity index (χ4v) is 4.15. The van der Waals surface area contributed by atoms with Gasteiger partial charge in [0, 0.05) is 18.3 Å². The number of aryl methyl sites for hydroxylation is 1. The number of benzene rings is 2. The van der Waals surface area contributed by atoms with Crippen LogP contribution in [0.15, 0.2) is 24.3 Å². The monoisotopic (exact) mass is 341 g/mol. The van der Waals surface area contributed by atoms with Crippen molar-refractivity contribution in [2.24, 2.45) is 0 Å². The van der Waals surface area contributed by atoms with Gasteiger partial charge in [0.1, 0.15) is 0 Å². The number of phenols is 1. The van der Waals surface area contributed by atoms with E-state index in [2.05, 4.69) is 17.0 Å². The van der Waals surface area contributed by atoms with Crippen LogP contribution in [0, 0.1) is 0 Å². The summed E-state index contributed by atoms with van der Waals surface area (Å²) in [5.74, 6) is 2.29. The molecule has 5 nitrogen and oxygen atoms in total. The normalized spacial score (nSPS) is 18.0. The molecule has 0 fully saturated rings. The van der Waals surface area contributed by atoms with E-state index in [0.29, 0.717) is 5.75 Å². The summed E-state index contributed by atoms with van der Waals surface area (Å²) >= 11 is 0. The Balaban J connectivity index is 1.78. The number of phenolic OH excluding ortho intramolecular Hbond substituents is 1. The minimum absolute atomic E-state index is 0.209. The van der Waals surface area contributed by atoms with Crippen LogP contribution in [0.4, 0.5) is 5.69 Å². The number of methoxy groups -OCH3 is 3. The first-order chi connectivity index (χ1) is 12.2. The summed E-state index contributed by atoms with van der Waals surface area (Å²) in [6.07, 6.45) is 2.92. The Morgan fingerprint density at radius 3 is 2.28 bits per heavy atom. The van der Waals surface area contributed by atoms with Crippen LogP contribution in [0.3, 0.4) is 0 Å². The number of hydrogen-bond donors (Lipinski definition) is 1. The van der Waals surface area contributed by atoms with E-state index in [1.54, 1.807) is 21.3 Å². The molecule has 25 heavy (non-hydrogen) atoms. The summed E-state index contributed by atoms with van der Waals surface area (Å²) in [5, 5.41) is 10.2. The molecular formula is C20H23NO4. The third-order valence-corrected chi connectivity index (χ3v) is 5.38. The van der Waals surface area contributed by atoms with Crippen molar-refractivity contribution < 1.29 is 19.3 Å². The number of anilines is 1. The van der Waals surface area contributed by atoms with E-state index in [0.717, 1.165) is 37.3 Å². The number of hydrogen-bond acceptors (Lipinski definition) is 5. The lowest BCUT2D eigenvalue weighted by molar-refractivity contribution is 0.353. The fourth-order valence-electron chi connectivity index (χ4n) is 4.15. The zero-order valence-electron chi connectivity index (χ0n) is 14.8. The Bertz CT molecular complexity index is 818. The highest BCUT2D eigenvalue weighted by Crippen LogP contribution is 2.47. The predicted octanol–water partition coefficient (Wildman–Crippen LogP) is 3.47. The second-order valence-electron chi connectivity index (χ2n) is 6.56. The number of rotatable bonds is 3. The topological polar surface area (TPSA) is 51.2 Å². The lowest BCUT2D eigenvalue weighted by Gasteiger charge is -2.43. The molecule has 2 aromatic carbocycles. The molecule has 1 atom stereocenters. The van der Waals surface area contributed by atoms with Crippen molar-refractivity contribution in [3.05, 3.63) is 41.0 Å².